The summed E-state index contributed by atoms with van der Waals surface area (Å²) in [6.45, 7) is -0.672. The van der Waals surface area contributed by atoms with Crippen LogP contribution in [0.25, 0.3) is 0 Å². The van der Waals surface area contributed by atoms with Gasteiger partial charge >= 0.3 is 0 Å². The second kappa shape index (κ2) is 6.27. The van der Waals surface area contributed by atoms with Crippen LogP contribution in [0, 0.1) is 0 Å². The molecule has 0 saturated carbocycles. The van der Waals surface area contributed by atoms with E-state index in [1.54, 1.807) is 0 Å². The zero-order valence-electron chi connectivity index (χ0n) is 7.35. The quantitative estimate of drug-likeness (QED) is 0.154. The van der Waals surface area contributed by atoms with Crippen LogP contribution in [0.3, 0.4) is 0 Å². The van der Waals surface area contributed by atoms with Crippen molar-refractivity contribution in [2.75, 3.05) is 6.61 Å². The molecule has 0 amide bonds. The van der Waals surface area contributed by atoms with Gasteiger partial charge in [-0.3, -0.25) is 0 Å². The highest BCUT2D eigenvalue weighted by Crippen LogP contribution is 1.97. The number of aliphatic hydroxyl groups is 4. The highest BCUT2D eigenvalue weighted by Gasteiger charge is 2.22. The molecule has 0 saturated heterocycles. The third kappa shape index (κ3) is 4.72. The van der Waals surface area contributed by atoms with Crippen LogP contribution < -0.4 is 11.5 Å². The van der Waals surface area contributed by atoms with Crippen LogP contribution >= 0.6 is 0 Å². The summed E-state index contributed by atoms with van der Waals surface area (Å²) in [7, 11) is 0. The fraction of sp³-hybridized carbons (Fsp3) is 0.667. The first-order valence-electron chi connectivity index (χ1n) is 3.76. The molecular formula is C6H14N4O4. The van der Waals surface area contributed by atoms with Crippen molar-refractivity contribution in [2.24, 2.45) is 21.7 Å². The van der Waals surface area contributed by atoms with Gasteiger partial charge in [0.05, 0.1) is 12.8 Å². The lowest BCUT2D eigenvalue weighted by Crippen LogP contribution is -2.40. The van der Waals surface area contributed by atoms with Gasteiger partial charge in [-0.2, -0.15) is 5.10 Å². The van der Waals surface area contributed by atoms with Crippen molar-refractivity contribution in [3.63, 3.8) is 0 Å². The molecule has 0 aliphatic carbocycles. The maximum atomic E-state index is 9.11. The first-order valence-corrected chi connectivity index (χ1v) is 3.76. The van der Waals surface area contributed by atoms with Gasteiger partial charge in [-0.25, -0.2) is 0 Å². The van der Waals surface area contributed by atoms with Gasteiger partial charge in [0.15, 0.2) is 0 Å². The Balaban J connectivity index is 4.13. The molecule has 0 radical (unpaired) electrons. The monoisotopic (exact) mass is 206 g/mol. The molecule has 3 atom stereocenters. The Morgan fingerprint density at radius 3 is 2.29 bits per heavy atom. The molecule has 0 spiro atoms. The van der Waals surface area contributed by atoms with Gasteiger partial charge in [0, 0.05) is 0 Å². The molecule has 14 heavy (non-hydrogen) atoms. The fourth-order valence-electron chi connectivity index (χ4n) is 0.592. The van der Waals surface area contributed by atoms with E-state index < -0.39 is 24.9 Å². The van der Waals surface area contributed by atoms with E-state index in [2.05, 4.69) is 10.2 Å². The number of nitrogens with zero attached hydrogens (tertiary/aromatic N) is 2. The van der Waals surface area contributed by atoms with Gasteiger partial charge < -0.3 is 31.9 Å². The van der Waals surface area contributed by atoms with E-state index in [9.17, 15) is 0 Å². The van der Waals surface area contributed by atoms with E-state index in [4.69, 9.17) is 31.9 Å². The van der Waals surface area contributed by atoms with Gasteiger partial charge in [0.25, 0.3) is 0 Å². The third-order valence-electron chi connectivity index (χ3n) is 1.32. The SMILES string of the molecule is NC(N)=N/N=C/[C@H](O)[C@H](O)[C@@H](O)CO. The molecule has 0 unspecified atom stereocenters. The summed E-state index contributed by atoms with van der Waals surface area (Å²) in [4.78, 5) is 0. The van der Waals surface area contributed by atoms with Gasteiger partial charge in [-0.1, -0.05) is 0 Å². The Bertz CT molecular complexity index is 216. The molecule has 0 aliphatic rings. The average Bonchev–Trinajstić information content (AvgIpc) is 2.14. The van der Waals surface area contributed by atoms with Crippen LogP contribution in [0.1, 0.15) is 0 Å². The highest BCUT2D eigenvalue weighted by atomic mass is 16.4. The molecular weight excluding hydrogens is 192 g/mol. The Hall–Kier alpha value is -1.22. The van der Waals surface area contributed by atoms with Crippen LogP contribution in [0.5, 0.6) is 0 Å². The van der Waals surface area contributed by atoms with E-state index in [1.807, 2.05) is 0 Å². The number of aliphatic hydroxyl groups excluding tert-OH is 4. The second-order valence-electron chi connectivity index (χ2n) is 2.52. The standard InChI is InChI=1S/C6H14N4O4/c7-6(8)10-9-1-3(12)5(14)4(13)2-11/h1,3-5,11-14H,2H2,(H4,7,8,10)/b9-1+/t3-,4-,5-/m0/s1. The Morgan fingerprint density at radius 2 is 1.86 bits per heavy atom. The van der Waals surface area contributed by atoms with Gasteiger partial charge in [0.1, 0.15) is 18.3 Å². The highest BCUT2D eigenvalue weighted by molar-refractivity contribution is 5.76. The van der Waals surface area contributed by atoms with Crippen LogP contribution in [0.4, 0.5) is 0 Å². The maximum Gasteiger partial charge on any atom is 0.211 e. The molecule has 0 aromatic carbocycles. The average molecular weight is 206 g/mol. The summed E-state index contributed by atoms with van der Waals surface area (Å²) in [5.74, 6) is -0.300. The van der Waals surface area contributed by atoms with Crippen molar-refractivity contribution < 1.29 is 20.4 Å². The van der Waals surface area contributed by atoms with Crippen LogP contribution in [-0.2, 0) is 0 Å². The van der Waals surface area contributed by atoms with E-state index >= 15 is 0 Å². The molecule has 8 N–H and O–H groups in total. The zero-order valence-corrected chi connectivity index (χ0v) is 7.35. The first kappa shape index (κ1) is 12.8. The normalized spacial score (nSPS) is 17.7. The van der Waals surface area contributed by atoms with Crippen molar-refractivity contribution in [1.29, 1.82) is 0 Å². The lowest BCUT2D eigenvalue weighted by Gasteiger charge is -2.17. The molecule has 0 heterocycles. The molecule has 8 heteroatoms. The minimum absolute atomic E-state index is 0.300. The smallest absolute Gasteiger partial charge is 0.211 e. The van der Waals surface area contributed by atoms with Crippen molar-refractivity contribution in [1.82, 2.24) is 0 Å². The molecule has 0 bridgehead atoms. The summed E-state index contributed by atoms with van der Waals surface area (Å²) in [5, 5.41) is 41.9. The molecule has 0 rings (SSSR count). The van der Waals surface area contributed by atoms with E-state index in [0.717, 1.165) is 6.21 Å². The predicted octanol–water partition coefficient (Wildman–Crippen LogP) is -3.68. The van der Waals surface area contributed by atoms with Crippen LogP contribution in [0.2, 0.25) is 0 Å². The van der Waals surface area contributed by atoms with Crippen molar-refractivity contribution in [2.45, 2.75) is 18.3 Å². The van der Waals surface area contributed by atoms with Gasteiger partial charge in [-0.05, 0) is 0 Å². The molecule has 0 fully saturated rings. The van der Waals surface area contributed by atoms with E-state index in [-0.39, 0.29) is 5.96 Å². The summed E-state index contributed by atoms with van der Waals surface area (Å²) in [5.41, 5.74) is 9.84. The molecule has 0 aromatic rings. The second-order valence-corrected chi connectivity index (χ2v) is 2.52. The van der Waals surface area contributed by atoms with Crippen molar-refractivity contribution in [3.8, 4) is 0 Å². The molecule has 0 aromatic heterocycles. The Labute approximate surface area is 80.2 Å². The summed E-state index contributed by atoms with van der Waals surface area (Å²) in [6.07, 6.45) is -3.61. The number of guanidine groups is 1. The molecule has 0 aliphatic heterocycles. The summed E-state index contributed by atoms with van der Waals surface area (Å²) >= 11 is 0. The van der Waals surface area contributed by atoms with Crippen LogP contribution in [0.15, 0.2) is 10.2 Å². The molecule has 8 nitrogen and oxygen atoms in total. The maximum absolute atomic E-state index is 9.11. The lowest BCUT2D eigenvalue weighted by molar-refractivity contribution is -0.0541. The van der Waals surface area contributed by atoms with E-state index in [1.165, 1.54) is 0 Å². The topological polar surface area (TPSA) is 158 Å². The molecule has 82 valence electrons. The summed E-state index contributed by atoms with van der Waals surface area (Å²) in [6, 6.07) is 0. The predicted molar refractivity (Wildman–Crippen MR) is 49.4 cm³/mol. The van der Waals surface area contributed by atoms with E-state index in [0.29, 0.717) is 0 Å². The largest absolute Gasteiger partial charge is 0.394 e. The number of rotatable bonds is 5. The van der Waals surface area contributed by atoms with Crippen molar-refractivity contribution in [3.05, 3.63) is 0 Å². The fourth-order valence-corrected chi connectivity index (χ4v) is 0.592. The Morgan fingerprint density at radius 1 is 1.29 bits per heavy atom. The summed E-state index contributed by atoms with van der Waals surface area (Å²) < 4.78 is 0. The minimum Gasteiger partial charge on any atom is -0.394 e. The van der Waals surface area contributed by atoms with Gasteiger partial charge in [-0.15, -0.1) is 5.10 Å². The number of hydrogen-bond acceptors (Lipinski definition) is 6. The minimum atomic E-state index is -1.54. The Kier molecular flexibility index (Phi) is 5.72. The third-order valence-corrected chi connectivity index (χ3v) is 1.32. The number of hydrogen-bond donors (Lipinski definition) is 6. The van der Waals surface area contributed by atoms with Crippen molar-refractivity contribution >= 4 is 12.2 Å². The van der Waals surface area contributed by atoms with Crippen LogP contribution in [-0.4, -0.2) is 57.5 Å². The lowest BCUT2D eigenvalue weighted by atomic mass is 10.1. The zero-order chi connectivity index (χ0) is 11.1. The van der Waals surface area contributed by atoms with Gasteiger partial charge in [0.2, 0.25) is 5.96 Å². The number of nitrogens with two attached hydrogens (primary N) is 2. The first-order chi connectivity index (χ1) is 6.49.